The van der Waals surface area contributed by atoms with Gasteiger partial charge in [0.2, 0.25) is 0 Å². The molecule has 0 saturated carbocycles. The highest BCUT2D eigenvalue weighted by molar-refractivity contribution is 5.39. The van der Waals surface area contributed by atoms with E-state index < -0.39 is 0 Å². The lowest BCUT2D eigenvalue weighted by Gasteiger charge is -2.38. The van der Waals surface area contributed by atoms with Crippen LogP contribution in [-0.2, 0) is 6.54 Å². The molecule has 1 aromatic rings. The number of ether oxygens (including phenoxy) is 1. The molecule has 0 aromatic heterocycles. The minimum Gasteiger partial charge on any atom is -0.508 e. The molecule has 0 amide bonds. The highest BCUT2D eigenvalue weighted by Gasteiger charge is 2.25. The van der Waals surface area contributed by atoms with Gasteiger partial charge in [0.1, 0.15) is 11.5 Å². The predicted molar refractivity (Wildman–Crippen MR) is 76.3 cm³/mol. The van der Waals surface area contributed by atoms with Gasteiger partial charge in [-0.15, -0.1) is 0 Å². The number of piperidine rings is 1. The Labute approximate surface area is 115 Å². The van der Waals surface area contributed by atoms with Gasteiger partial charge in [0.05, 0.1) is 7.11 Å². The summed E-state index contributed by atoms with van der Waals surface area (Å²) in [5, 5.41) is 9.96. The van der Waals surface area contributed by atoms with Crippen LogP contribution >= 0.6 is 0 Å². The summed E-state index contributed by atoms with van der Waals surface area (Å²) in [5.74, 6) is 1.85. The van der Waals surface area contributed by atoms with Crippen molar-refractivity contribution in [2.75, 3.05) is 20.2 Å². The van der Waals surface area contributed by atoms with E-state index >= 15 is 0 Å². The van der Waals surface area contributed by atoms with Crippen molar-refractivity contribution < 1.29 is 9.84 Å². The van der Waals surface area contributed by atoms with E-state index in [0.717, 1.165) is 36.7 Å². The smallest absolute Gasteiger partial charge is 0.120 e. The molecule has 0 aliphatic carbocycles. The summed E-state index contributed by atoms with van der Waals surface area (Å²) in [6.07, 6.45) is 2.34. The molecule has 1 fully saturated rings. The average molecular weight is 264 g/mol. The van der Waals surface area contributed by atoms with Crippen LogP contribution in [0.25, 0.3) is 0 Å². The Morgan fingerprint density at radius 2 is 2.26 bits per heavy atom. The largest absolute Gasteiger partial charge is 0.508 e. The van der Waals surface area contributed by atoms with Crippen molar-refractivity contribution in [2.45, 2.75) is 32.4 Å². The van der Waals surface area contributed by atoms with Gasteiger partial charge in [-0.2, -0.15) is 0 Å². The third-order valence-electron chi connectivity index (χ3n) is 4.03. The lowest BCUT2D eigenvalue weighted by atomic mass is 9.92. The third kappa shape index (κ3) is 3.39. The Kier molecular flexibility index (Phi) is 4.66. The summed E-state index contributed by atoms with van der Waals surface area (Å²) in [7, 11) is 1.64. The average Bonchev–Trinajstić information content (AvgIpc) is 2.43. The number of hydrogen-bond donors (Lipinski definition) is 2. The maximum Gasteiger partial charge on any atom is 0.120 e. The molecule has 1 aliphatic heterocycles. The van der Waals surface area contributed by atoms with Crippen LogP contribution in [0.2, 0.25) is 0 Å². The number of phenols is 1. The van der Waals surface area contributed by atoms with E-state index in [1.807, 2.05) is 6.07 Å². The molecule has 2 unspecified atom stereocenters. The molecule has 0 bridgehead atoms. The van der Waals surface area contributed by atoms with Crippen molar-refractivity contribution in [3.63, 3.8) is 0 Å². The Bertz CT molecular complexity index is 423. The summed E-state index contributed by atoms with van der Waals surface area (Å²) in [5.41, 5.74) is 6.78. The fourth-order valence-corrected chi connectivity index (χ4v) is 2.79. The Morgan fingerprint density at radius 3 is 2.95 bits per heavy atom. The molecule has 1 heterocycles. The second-order valence-corrected chi connectivity index (χ2v) is 5.48. The molecule has 4 nitrogen and oxygen atoms in total. The lowest BCUT2D eigenvalue weighted by Crippen LogP contribution is -2.45. The molecule has 2 rings (SSSR count). The van der Waals surface area contributed by atoms with Crippen LogP contribution in [0.1, 0.15) is 25.3 Å². The summed E-state index contributed by atoms with van der Waals surface area (Å²) >= 11 is 0. The summed E-state index contributed by atoms with van der Waals surface area (Å²) in [6.45, 7) is 4.73. The highest BCUT2D eigenvalue weighted by Crippen LogP contribution is 2.28. The van der Waals surface area contributed by atoms with E-state index in [4.69, 9.17) is 10.5 Å². The first-order chi connectivity index (χ1) is 9.13. The number of likely N-dealkylation sites (tertiary alicyclic amines) is 1. The monoisotopic (exact) mass is 264 g/mol. The molecule has 0 spiro atoms. The molecule has 4 heteroatoms. The number of methoxy groups -OCH3 is 1. The van der Waals surface area contributed by atoms with Crippen LogP contribution in [0.4, 0.5) is 0 Å². The van der Waals surface area contributed by atoms with Crippen LogP contribution in [0.3, 0.4) is 0 Å². The van der Waals surface area contributed by atoms with Crippen LogP contribution in [0.5, 0.6) is 11.5 Å². The summed E-state index contributed by atoms with van der Waals surface area (Å²) < 4.78 is 5.21. The first-order valence-corrected chi connectivity index (χ1v) is 6.94. The molecule has 3 N–H and O–H groups in total. The first kappa shape index (κ1) is 14.2. The van der Waals surface area contributed by atoms with E-state index in [9.17, 15) is 5.11 Å². The standard InChI is InChI=1S/C15H24N2O2/c1-11-5-6-17(13(7-11)9-16)10-12-8-14(19-2)3-4-15(12)18/h3-4,8,11,13,18H,5-7,9-10,16H2,1-2H3. The van der Waals surface area contributed by atoms with Gasteiger partial charge in [-0.3, -0.25) is 4.90 Å². The number of nitrogens with two attached hydrogens (primary N) is 1. The van der Waals surface area contributed by atoms with Gasteiger partial charge in [-0.25, -0.2) is 0 Å². The summed E-state index contributed by atoms with van der Waals surface area (Å²) in [6, 6.07) is 5.78. The maximum absolute atomic E-state index is 9.96. The zero-order chi connectivity index (χ0) is 13.8. The number of nitrogens with zero attached hydrogens (tertiary/aromatic N) is 1. The molecule has 106 valence electrons. The van der Waals surface area contributed by atoms with Gasteiger partial charge in [-0.1, -0.05) is 6.92 Å². The Hall–Kier alpha value is -1.26. The first-order valence-electron chi connectivity index (χ1n) is 6.94. The van der Waals surface area contributed by atoms with Gasteiger partial charge in [0.25, 0.3) is 0 Å². The normalized spacial score (nSPS) is 24.4. The Balaban J connectivity index is 2.11. The quantitative estimate of drug-likeness (QED) is 0.873. The minimum absolute atomic E-state index is 0.329. The number of benzene rings is 1. The second-order valence-electron chi connectivity index (χ2n) is 5.48. The van der Waals surface area contributed by atoms with Gasteiger partial charge >= 0.3 is 0 Å². The fraction of sp³-hybridized carbons (Fsp3) is 0.600. The highest BCUT2D eigenvalue weighted by atomic mass is 16.5. The summed E-state index contributed by atoms with van der Waals surface area (Å²) in [4.78, 5) is 2.37. The van der Waals surface area contributed by atoms with Crippen molar-refractivity contribution in [2.24, 2.45) is 11.7 Å². The van der Waals surface area contributed by atoms with Crippen molar-refractivity contribution >= 4 is 0 Å². The van der Waals surface area contributed by atoms with Crippen LogP contribution < -0.4 is 10.5 Å². The molecule has 1 aliphatic rings. The molecule has 2 atom stereocenters. The van der Waals surface area contributed by atoms with Crippen LogP contribution in [-0.4, -0.2) is 36.2 Å². The van der Waals surface area contributed by atoms with Crippen molar-refractivity contribution in [1.29, 1.82) is 0 Å². The van der Waals surface area contributed by atoms with Gasteiger partial charge in [-0.05, 0) is 43.5 Å². The number of hydrogen-bond acceptors (Lipinski definition) is 4. The van der Waals surface area contributed by atoms with Gasteiger partial charge in [0.15, 0.2) is 0 Å². The van der Waals surface area contributed by atoms with E-state index in [-0.39, 0.29) is 0 Å². The molecule has 19 heavy (non-hydrogen) atoms. The molecular formula is C15H24N2O2. The van der Waals surface area contributed by atoms with E-state index in [0.29, 0.717) is 18.3 Å². The van der Waals surface area contributed by atoms with Crippen molar-refractivity contribution in [3.8, 4) is 11.5 Å². The molecule has 1 saturated heterocycles. The molecular weight excluding hydrogens is 240 g/mol. The fourth-order valence-electron chi connectivity index (χ4n) is 2.79. The van der Waals surface area contributed by atoms with E-state index in [1.165, 1.54) is 6.42 Å². The molecule has 1 aromatic carbocycles. The maximum atomic E-state index is 9.96. The topological polar surface area (TPSA) is 58.7 Å². The Morgan fingerprint density at radius 1 is 1.47 bits per heavy atom. The van der Waals surface area contributed by atoms with E-state index in [1.54, 1.807) is 19.2 Å². The third-order valence-corrected chi connectivity index (χ3v) is 4.03. The van der Waals surface area contributed by atoms with Crippen LogP contribution in [0, 0.1) is 5.92 Å². The second kappa shape index (κ2) is 6.26. The predicted octanol–water partition coefficient (Wildman–Crippen LogP) is 1.96. The molecule has 0 radical (unpaired) electrons. The zero-order valence-electron chi connectivity index (χ0n) is 11.8. The van der Waals surface area contributed by atoms with Crippen molar-refractivity contribution in [3.05, 3.63) is 23.8 Å². The zero-order valence-corrected chi connectivity index (χ0v) is 11.8. The van der Waals surface area contributed by atoms with E-state index in [2.05, 4.69) is 11.8 Å². The number of aromatic hydroxyl groups is 1. The van der Waals surface area contributed by atoms with Gasteiger partial charge in [0, 0.05) is 24.7 Å². The van der Waals surface area contributed by atoms with Crippen molar-refractivity contribution in [1.82, 2.24) is 4.90 Å². The minimum atomic E-state index is 0.329. The van der Waals surface area contributed by atoms with Gasteiger partial charge < -0.3 is 15.6 Å². The SMILES string of the molecule is COc1ccc(O)c(CN2CCC(C)CC2CN)c1. The van der Waals surface area contributed by atoms with Crippen LogP contribution in [0.15, 0.2) is 18.2 Å². The number of phenolic OH excluding ortho intramolecular Hbond substituents is 1. The lowest BCUT2D eigenvalue weighted by molar-refractivity contribution is 0.114. The number of rotatable bonds is 4.